The number of nitrogens with zero attached hydrogens (tertiary/aromatic N) is 2. The quantitative estimate of drug-likeness (QED) is 0.443. The second-order valence-electron chi connectivity index (χ2n) is 4.92. The van der Waals surface area contributed by atoms with Crippen LogP contribution in [0.3, 0.4) is 0 Å². The van der Waals surface area contributed by atoms with Crippen LogP contribution in [0, 0.1) is 0 Å². The minimum atomic E-state index is 0.666. The van der Waals surface area contributed by atoms with Crippen LogP contribution in [0.4, 0.5) is 5.13 Å². The topological polar surface area (TPSA) is 46.5 Å². The summed E-state index contributed by atoms with van der Waals surface area (Å²) in [5, 5.41) is 7.00. The summed E-state index contributed by atoms with van der Waals surface area (Å²) in [4.78, 5) is 4.54. The predicted molar refractivity (Wildman–Crippen MR) is 104 cm³/mol. The highest BCUT2D eigenvalue weighted by molar-refractivity contribution is 9.10. The summed E-state index contributed by atoms with van der Waals surface area (Å²) in [6.45, 7) is 2.63. The van der Waals surface area contributed by atoms with Crippen molar-refractivity contribution in [1.29, 1.82) is 0 Å². The summed E-state index contributed by atoms with van der Waals surface area (Å²) in [5.74, 6) is 0.863. The van der Waals surface area contributed by atoms with Gasteiger partial charge in [-0.25, -0.2) is 4.98 Å². The van der Waals surface area contributed by atoms with Gasteiger partial charge < -0.3 is 4.74 Å². The Morgan fingerprint density at radius 3 is 2.62 bits per heavy atom. The van der Waals surface area contributed by atoms with E-state index in [1.165, 1.54) is 11.3 Å². The van der Waals surface area contributed by atoms with Gasteiger partial charge >= 0.3 is 0 Å². The molecule has 0 atom stereocenters. The highest BCUT2D eigenvalue weighted by atomic mass is 79.9. The molecule has 0 aliphatic rings. The highest BCUT2D eigenvalue weighted by Gasteiger charge is 2.03. The SMILES string of the molecule is CCOc1ccc(C=NNc2nc(-c3ccc(Br)cc3)cs2)cc1. The summed E-state index contributed by atoms with van der Waals surface area (Å²) in [6.07, 6.45) is 1.76. The zero-order chi connectivity index (χ0) is 16.8. The van der Waals surface area contributed by atoms with Gasteiger partial charge in [0.2, 0.25) is 5.13 Å². The first kappa shape index (κ1) is 16.7. The number of rotatable bonds is 6. The summed E-state index contributed by atoms with van der Waals surface area (Å²) in [7, 11) is 0. The van der Waals surface area contributed by atoms with Gasteiger partial charge in [-0.15, -0.1) is 11.3 Å². The Morgan fingerprint density at radius 1 is 1.17 bits per heavy atom. The zero-order valence-electron chi connectivity index (χ0n) is 13.1. The van der Waals surface area contributed by atoms with E-state index in [9.17, 15) is 0 Å². The molecule has 1 heterocycles. The fourth-order valence-electron chi connectivity index (χ4n) is 2.06. The van der Waals surface area contributed by atoms with E-state index >= 15 is 0 Å². The third-order valence-corrected chi connectivity index (χ3v) is 4.48. The van der Waals surface area contributed by atoms with Crippen molar-refractivity contribution in [2.75, 3.05) is 12.0 Å². The van der Waals surface area contributed by atoms with Gasteiger partial charge in [-0.05, 0) is 48.9 Å². The minimum Gasteiger partial charge on any atom is -0.494 e. The largest absolute Gasteiger partial charge is 0.494 e. The second kappa shape index (κ2) is 8.08. The number of halogens is 1. The molecule has 0 unspecified atom stereocenters. The van der Waals surface area contributed by atoms with Crippen LogP contribution < -0.4 is 10.2 Å². The zero-order valence-corrected chi connectivity index (χ0v) is 15.5. The Bertz CT molecular complexity index is 813. The number of nitrogens with one attached hydrogen (secondary N) is 1. The Morgan fingerprint density at radius 2 is 1.92 bits per heavy atom. The number of thiazole rings is 1. The number of anilines is 1. The molecule has 3 rings (SSSR count). The molecule has 0 saturated carbocycles. The van der Waals surface area contributed by atoms with Gasteiger partial charge in [0.05, 0.1) is 18.5 Å². The number of hydrogen-bond donors (Lipinski definition) is 1. The molecule has 0 spiro atoms. The smallest absolute Gasteiger partial charge is 0.203 e. The van der Waals surface area contributed by atoms with Gasteiger partial charge in [-0.1, -0.05) is 28.1 Å². The first-order valence-corrected chi connectivity index (χ1v) is 9.15. The maximum Gasteiger partial charge on any atom is 0.203 e. The average molecular weight is 402 g/mol. The first-order chi connectivity index (χ1) is 11.7. The summed E-state index contributed by atoms with van der Waals surface area (Å²) in [5.41, 5.74) is 5.98. The van der Waals surface area contributed by atoms with Crippen molar-refractivity contribution >= 4 is 38.6 Å². The van der Waals surface area contributed by atoms with Gasteiger partial charge in [0.15, 0.2) is 0 Å². The van der Waals surface area contributed by atoms with Gasteiger partial charge in [-0.2, -0.15) is 5.10 Å². The van der Waals surface area contributed by atoms with Crippen molar-refractivity contribution in [3.05, 3.63) is 63.9 Å². The molecule has 2 aromatic carbocycles. The van der Waals surface area contributed by atoms with Crippen molar-refractivity contribution in [1.82, 2.24) is 4.98 Å². The number of hydrazone groups is 1. The average Bonchev–Trinajstić information content (AvgIpc) is 3.06. The minimum absolute atomic E-state index is 0.666. The molecule has 0 saturated heterocycles. The lowest BCUT2D eigenvalue weighted by atomic mass is 10.2. The summed E-state index contributed by atoms with van der Waals surface area (Å²) in [6, 6.07) is 15.9. The van der Waals surface area contributed by atoms with Crippen molar-refractivity contribution in [3.8, 4) is 17.0 Å². The van der Waals surface area contributed by atoms with Gasteiger partial charge in [-0.3, -0.25) is 5.43 Å². The highest BCUT2D eigenvalue weighted by Crippen LogP contribution is 2.26. The van der Waals surface area contributed by atoms with E-state index in [-0.39, 0.29) is 0 Å². The van der Waals surface area contributed by atoms with E-state index in [2.05, 4.69) is 31.4 Å². The predicted octanol–water partition coefficient (Wildman–Crippen LogP) is 5.42. The molecule has 1 aromatic heterocycles. The molecule has 0 amide bonds. The molecule has 24 heavy (non-hydrogen) atoms. The molecule has 3 aromatic rings. The van der Waals surface area contributed by atoms with Gasteiger partial charge in [0.1, 0.15) is 5.75 Å². The Balaban J connectivity index is 1.61. The van der Waals surface area contributed by atoms with Crippen molar-refractivity contribution in [3.63, 3.8) is 0 Å². The number of ether oxygens (including phenoxy) is 1. The van der Waals surface area contributed by atoms with Crippen LogP contribution in [0.1, 0.15) is 12.5 Å². The fourth-order valence-corrected chi connectivity index (χ4v) is 2.99. The molecule has 6 heteroatoms. The van der Waals surface area contributed by atoms with Crippen molar-refractivity contribution in [2.24, 2.45) is 5.10 Å². The Labute approximate surface area is 153 Å². The summed E-state index contributed by atoms with van der Waals surface area (Å²) < 4.78 is 6.47. The maximum atomic E-state index is 5.42. The molecule has 0 fully saturated rings. The lowest BCUT2D eigenvalue weighted by Gasteiger charge is -2.02. The second-order valence-corrected chi connectivity index (χ2v) is 6.69. The Hall–Kier alpha value is -2.18. The molecule has 1 N–H and O–H groups in total. The van der Waals surface area contributed by atoms with Gasteiger partial charge in [0.25, 0.3) is 0 Å². The van der Waals surface area contributed by atoms with Crippen LogP contribution in [-0.4, -0.2) is 17.8 Å². The van der Waals surface area contributed by atoms with Crippen LogP contribution in [0.2, 0.25) is 0 Å². The van der Waals surface area contributed by atoms with Crippen LogP contribution in [-0.2, 0) is 0 Å². The number of hydrogen-bond acceptors (Lipinski definition) is 5. The molecule has 0 bridgehead atoms. The van der Waals surface area contributed by atoms with E-state index in [0.717, 1.165) is 32.2 Å². The van der Waals surface area contributed by atoms with Crippen LogP contribution in [0.25, 0.3) is 11.3 Å². The van der Waals surface area contributed by atoms with E-state index < -0.39 is 0 Å². The molecule has 0 radical (unpaired) electrons. The summed E-state index contributed by atoms with van der Waals surface area (Å²) >= 11 is 4.96. The molecular formula is C18H16BrN3OS. The van der Waals surface area contributed by atoms with Crippen LogP contribution in [0.15, 0.2) is 63.5 Å². The van der Waals surface area contributed by atoms with E-state index in [0.29, 0.717) is 6.61 Å². The fraction of sp³-hybridized carbons (Fsp3) is 0.111. The van der Waals surface area contributed by atoms with E-state index in [1.807, 2.05) is 60.8 Å². The number of benzene rings is 2. The molecule has 122 valence electrons. The lowest BCUT2D eigenvalue weighted by Crippen LogP contribution is -1.92. The van der Waals surface area contributed by atoms with Crippen LogP contribution >= 0.6 is 27.3 Å². The molecule has 0 aliphatic carbocycles. The van der Waals surface area contributed by atoms with Gasteiger partial charge in [0, 0.05) is 15.4 Å². The maximum absolute atomic E-state index is 5.42. The lowest BCUT2D eigenvalue weighted by molar-refractivity contribution is 0.340. The number of aromatic nitrogens is 1. The molecule has 4 nitrogen and oxygen atoms in total. The third-order valence-electron chi connectivity index (χ3n) is 3.21. The van der Waals surface area contributed by atoms with E-state index in [4.69, 9.17) is 4.74 Å². The van der Waals surface area contributed by atoms with E-state index in [1.54, 1.807) is 6.21 Å². The van der Waals surface area contributed by atoms with Crippen molar-refractivity contribution in [2.45, 2.75) is 6.92 Å². The normalized spacial score (nSPS) is 10.9. The first-order valence-electron chi connectivity index (χ1n) is 7.48. The molecular weight excluding hydrogens is 386 g/mol. The van der Waals surface area contributed by atoms with Crippen LogP contribution in [0.5, 0.6) is 5.75 Å². The standard InChI is InChI=1S/C18H16BrN3OS/c1-2-23-16-9-3-13(4-10-16)11-20-22-18-21-17(12-24-18)14-5-7-15(19)8-6-14/h3-12H,2H2,1H3,(H,21,22). The molecule has 0 aliphatic heterocycles. The Kier molecular flexibility index (Phi) is 5.61. The third kappa shape index (κ3) is 4.43. The monoisotopic (exact) mass is 401 g/mol. The van der Waals surface area contributed by atoms with Crippen molar-refractivity contribution < 1.29 is 4.74 Å².